The molecule has 0 radical (unpaired) electrons. The number of aromatic amines is 1. The Balaban J connectivity index is 2.38. The fourth-order valence-corrected chi connectivity index (χ4v) is 6.45. The number of nitrogens with zero attached hydrogens (tertiary/aromatic N) is 1. The van der Waals surface area contributed by atoms with Crippen LogP contribution in [0.1, 0.15) is 71.1 Å². The van der Waals surface area contributed by atoms with Crippen molar-refractivity contribution in [3.05, 3.63) is 48.0 Å². The van der Waals surface area contributed by atoms with E-state index in [1.807, 2.05) is 0 Å². The third-order valence-electron chi connectivity index (χ3n) is 9.71. The van der Waals surface area contributed by atoms with Gasteiger partial charge in [-0.05, 0) is 73.8 Å². The largest absolute Gasteiger partial charge is 0.508 e. The van der Waals surface area contributed by atoms with Crippen LogP contribution in [0.2, 0.25) is 0 Å². The predicted molar refractivity (Wildman–Crippen MR) is 229 cm³/mol. The molecule has 21 nitrogen and oxygen atoms in total. The lowest BCUT2D eigenvalue weighted by Crippen LogP contribution is -2.61. The van der Waals surface area contributed by atoms with Crippen LogP contribution in [0.5, 0.6) is 5.75 Å². The van der Waals surface area contributed by atoms with Crippen molar-refractivity contribution < 1.29 is 53.7 Å². The summed E-state index contributed by atoms with van der Waals surface area (Å²) >= 11 is 1.38. The predicted octanol–water partition coefficient (Wildman–Crippen LogP) is -1.11. The zero-order chi connectivity index (χ0) is 46.5. The first-order valence-corrected chi connectivity index (χ1v) is 21.6. The van der Waals surface area contributed by atoms with Crippen LogP contribution in [-0.4, -0.2) is 134 Å². The Kier molecular flexibility index (Phi) is 22.5. The SMILES string of the molecule is CSCC[C@H](NC(=O)[C@H](CCCCN)NC(=O)[C@H](CC(=O)O)NC(=O)[C@@H](NC(=O)[C@H](Cc1cnc[nH]1)NC(=O)[C@H](Cc1ccc(O)cc1)NC(=O)[C@@H](N)C(C)C)C(C)C)C(=O)O. The smallest absolute Gasteiger partial charge is 0.326 e. The average molecular weight is 891 g/mol. The number of aromatic nitrogens is 2. The minimum atomic E-state index is -1.75. The first-order valence-electron chi connectivity index (χ1n) is 20.2. The summed E-state index contributed by atoms with van der Waals surface area (Å²) in [6.07, 6.45) is 4.33. The van der Waals surface area contributed by atoms with Gasteiger partial charge in [0.2, 0.25) is 35.4 Å². The second kappa shape index (κ2) is 26.6. The second-order valence-corrected chi connectivity index (χ2v) is 16.4. The number of hydrogen-bond donors (Lipinski definition) is 12. The molecule has 0 aliphatic carbocycles. The summed E-state index contributed by atoms with van der Waals surface area (Å²) in [5, 5.41) is 44.3. The van der Waals surface area contributed by atoms with E-state index in [0.29, 0.717) is 29.9 Å². The van der Waals surface area contributed by atoms with Gasteiger partial charge in [-0.3, -0.25) is 33.6 Å². The van der Waals surface area contributed by atoms with Gasteiger partial charge >= 0.3 is 11.9 Å². The molecule has 1 aromatic carbocycles. The summed E-state index contributed by atoms with van der Waals surface area (Å²) < 4.78 is 0. The number of hydrogen-bond acceptors (Lipinski definition) is 13. The number of carboxylic acids is 2. The number of aromatic hydroxyl groups is 1. The van der Waals surface area contributed by atoms with Crippen molar-refractivity contribution in [3.63, 3.8) is 0 Å². The Morgan fingerprint density at radius 3 is 1.79 bits per heavy atom. The molecule has 0 aliphatic rings. The van der Waals surface area contributed by atoms with Gasteiger partial charge in [-0.2, -0.15) is 11.8 Å². The molecule has 2 rings (SSSR count). The third kappa shape index (κ3) is 18.1. The molecule has 0 bridgehead atoms. The Labute approximate surface area is 364 Å². The highest BCUT2D eigenvalue weighted by Crippen LogP contribution is 2.14. The van der Waals surface area contributed by atoms with Crippen LogP contribution in [-0.2, 0) is 51.2 Å². The number of carbonyl (C=O) groups excluding carboxylic acids is 6. The molecular weight excluding hydrogens is 829 g/mol. The van der Waals surface area contributed by atoms with Crippen molar-refractivity contribution in [1.29, 1.82) is 0 Å². The van der Waals surface area contributed by atoms with Gasteiger partial charge in [-0.25, -0.2) is 9.78 Å². The zero-order valence-corrected chi connectivity index (χ0v) is 36.5. The van der Waals surface area contributed by atoms with Crippen molar-refractivity contribution in [2.24, 2.45) is 23.3 Å². The Morgan fingerprint density at radius 2 is 1.24 bits per heavy atom. The standard InChI is InChI=1S/C40H62N10O11S/c1-21(2)32(42)38(58)48-28(16-23-9-11-25(51)12-10-23)35(55)47-29(17-24-19-43-20-44-24)37(57)50-33(22(3)4)39(59)49-30(18-31(52)53)36(56)45-26(8-6-7-14-41)34(54)46-27(40(60)61)13-15-62-5/h9-12,19-22,26-30,32-33,51H,6-8,13-18,41-42H2,1-5H3,(H,43,44)(H,45,56)(H,46,54)(H,47,55)(H,48,58)(H,49,59)(H,50,57)(H,52,53)(H,60,61)/t26-,27-,28-,29-,30-,32-,33-/m0/s1. The van der Waals surface area contributed by atoms with Gasteiger partial charge in [0.05, 0.1) is 18.8 Å². The zero-order valence-electron chi connectivity index (χ0n) is 35.6. The van der Waals surface area contributed by atoms with Gasteiger partial charge in [0, 0.05) is 24.7 Å². The van der Waals surface area contributed by atoms with Gasteiger partial charge in [-0.15, -0.1) is 0 Å². The molecule has 7 atom stereocenters. The lowest BCUT2D eigenvalue weighted by molar-refractivity contribution is -0.143. The highest BCUT2D eigenvalue weighted by molar-refractivity contribution is 7.98. The van der Waals surface area contributed by atoms with Crippen LogP contribution in [0.3, 0.4) is 0 Å². The number of rotatable bonds is 28. The van der Waals surface area contributed by atoms with Crippen molar-refractivity contribution in [3.8, 4) is 5.75 Å². The van der Waals surface area contributed by atoms with Crippen LogP contribution >= 0.6 is 11.8 Å². The average Bonchev–Trinajstić information content (AvgIpc) is 3.73. The number of carboxylic acid groups (broad SMARTS) is 2. The molecule has 0 saturated heterocycles. The molecule has 1 aromatic heterocycles. The summed E-state index contributed by atoms with van der Waals surface area (Å²) in [7, 11) is 0. The van der Waals surface area contributed by atoms with E-state index < -0.39 is 102 Å². The van der Waals surface area contributed by atoms with E-state index in [-0.39, 0.29) is 43.9 Å². The first kappa shape index (κ1) is 52.4. The molecule has 0 unspecified atom stereocenters. The number of amides is 6. The number of benzene rings is 1. The van der Waals surface area contributed by atoms with Gasteiger partial charge in [-0.1, -0.05) is 39.8 Å². The minimum Gasteiger partial charge on any atom is -0.508 e. The van der Waals surface area contributed by atoms with E-state index in [2.05, 4.69) is 41.9 Å². The first-order chi connectivity index (χ1) is 29.3. The van der Waals surface area contributed by atoms with E-state index in [9.17, 15) is 53.7 Å². The lowest BCUT2D eigenvalue weighted by Gasteiger charge is -2.28. The Hall–Kier alpha value is -5.74. The van der Waals surface area contributed by atoms with Crippen LogP contribution < -0.4 is 43.4 Å². The second-order valence-electron chi connectivity index (χ2n) is 15.5. The van der Waals surface area contributed by atoms with Gasteiger partial charge < -0.3 is 63.7 Å². The highest BCUT2D eigenvalue weighted by atomic mass is 32.2. The third-order valence-corrected chi connectivity index (χ3v) is 10.3. The fraction of sp³-hybridized carbons (Fsp3) is 0.575. The molecule has 0 aliphatic heterocycles. The molecule has 1 heterocycles. The number of H-pyrrole nitrogens is 1. The maximum atomic E-state index is 14.1. The summed E-state index contributed by atoms with van der Waals surface area (Å²) in [4.78, 5) is 112. The molecule has 14 N–H and O–H groups in total. The quantitative estimate of drug-likeness (QED) is 0.0451. The van der Waals surface area contributed by atoms with E-state index in [4.69, 9.17) is 11.5 Å². The van der Waals surface area contributed by atoms with Gasteiger partial charge in [0.15, 0.2) is 0 Å². The number of aliphatic carboxylic acids is 2. The summed E-state index contributed by atoms with van der Waals surface area (Å²) in [6.45, 7) is 6.89. The molecule has 2 aromatic rings. The molecule has 0 fully saturated rings. The van der Waals surface area contributed by atoms with E-state index >= 15 is 0 Å². The maximum Gasteiger partial charge on any atom is 0.326 e. The summed E-state index contributed by atoms with van der Waals surface area (Å²) in [5.74, 6) is -8.41. The number of phenolic OH excluding ortho intramolecular Hbond substituents is 1. The number of imidazole rings is 1. The van der Waals surface area contributed by atoms with Gasteiger partial charge in [0.1, 0.15) is 42.0 Å². The normalized spacial score (nSPS) is 14.6. The number of nitrogens with two attached hydrogens (primary N) is 2. The van der Waals surface area contributed by atoms with Crippen molar-refractivity contribution >= 4 is 59.1 Å². The fourth-order valence-electron chi connectivity index (χ4n) is 5.98. The van der Waals surface area contributed by atoms with Crippen LogP contribution in [0.4, 0.5) is 0 Å². The monoisotopic (exact) mass is 890 g/mol. The van der Waals surface area contributed by atoms with Crippen LogP contribution in [0.15, 0.2) is 36.8 Å². The molecule has 0 saturated carbocycles. The molecule has 344 valence electrons. The molecule has 6 amide bonds. The van der Waals surface area contributed by atoms with Crippen molar-refractivity contribution in [1.82, 2.24) is 41.9 Å². The van der Waals surface area contributed by atoms with Crippen LogP contribution in [0, 0.1) is 11.8 Å². The molecule has 62 heavy (non-hydrogen) atoms. The lowest BCUT2D eigenvalue weighted by atomic mass is 10.00. The number of carbonyl (C=O) groups is 8. The molecule has 0 spiro atoms. The topological polar surface area (TPSA) is 350 Å². The van der Waals surface area contributed by atoms with E-state index in [1.165, 1.54) is 36.4 Å². The summed E-state index contributed by atoms with van der Waals surface area (Å²) in [6, 6.07) is -3.39. The number of phenols is 1. The minimum absolute atomic E-state index is 0.0197. The Morgan fingerprint density at radius 1 is 0.694 bits per heavy atom. The van der Waals surface area contributed by atoms with E-state index in [0.717, 1.165) is 0 Å². The van der Waals surface area contributed by atoms with E-state index in [1.54, 1.807) is 46.1 Å². The number of thioether (sulfide) groups is 1. The van der Waals surface area contributed by atoms with Crippen molar-refractivity contribution in [2.75, 3.05) is 18.6 Å². The maximum absolute atomic E-state index is 14.1. The molecular formula is C40H62N10O11S. The number of unbranched alkanes of at least 4 members (excludes halogenated alkanes) is 1. The molecule has 22 heteroatoms. The van der Waals surface area contributed by atoms with Crippen molar-refractivity contribution in [2.45, 2.75) is 115 Å². The number of nitrogens with one attached hydrogen (secondary N) is 7. The van der Waals surface area contributed by atoms with Crippen LogP contribution in [0.25, 0.3) is 0 Å². The highest BCUT2D eigenvalue weighted by Gasteiger charge is 2.35. The summed E-state index contributed by atoms with van der Waals surface area (Å²) in [5.41, 5.74) is 12.7. The Bertz CT molecular complexity index is 1800. The van der Waals surface area contributed by atoms with Gasteiger partial charge in [0.25, 0.3) is 0 Å².